The van der Waals surface area contributed by atoms with Gasteiger partial charge in [0, 0.05) is 68.2 Å². The van der Waals surface area contributed by atoms with E-state index in [-0.39, 0.29) is 56.2 Å². The number of halogens is 1. The molecule has 9 rings (SSSR count). The first kappa shape index (κ1) is 48.2. The molecule has 5 aliphatic rings. The molecule has 1 spiro atoms. The standard InChI is InChI=1S/C51H64FN7O7PS/c1-32(2)37-8-6-7-9-38(37)44-31-67-23-22-59(44)35-27-51(28-35)18-20-58(21-19-51)34-10-11-39(45(24-34)66-46-26-40-41(52)12-13-42(40)55-49(46)65-5)48(60)56-68(63,64)36-25-43(57(4)62)47(54-30-36)53-29-33-14-16-50(3,61)17-15-33/h6-12,24-26,30,32-33,35,44,61,67H,13-23,27-29,31H2,1-5H3,(H,53,54)(H,56,60)/q-1. The van der Waals surface area contributed by atoms with Crippen LogP contribution in [0.2, 0.25) is 0 Å². The second-order valence-corrected chi connectivity index (χ2v) is 23.2. The van der Waals surface area contributed by atoms with Gasteiger partial charge in [-0.3, -0.25) is 9.69 Å². The fourth-order valence-corrected chi connectivity index (χ4v) is 13.3. The molecule has 3 N–H and O–H groups in total. The van der Waals surface area contributed by atoms with E-state index in [9.17, 15) is 27.9 Å². The molecule has 364 valence electrons. The lowest BCUT2D eigenvalue weighted by molar-refractivity contribution is -0.0314. The van der Waals surface area contributed by atoms with Gasteiger partial charge >= 0.3 is 0 Å². The summed E-state index contributed by atoms with van der Waals surface area (Å²) in [6.07, 6.45) is 12.6. The highest BCUT2D eigenvalue weighted by atomic mass is 32.2. The SMILES string of the molecule is COc1nc2c(cc1Oc1cc(N3CCC4(CC3)CC(N3CCPCC3c3ccccc3C(C)C)C4)ccc1C(=O)NS(=O)(=O)c1cnc(NCC3CCC(C)(O)CC3)c(N(C)[O-])c1)C(F)=CC2. The van der Waals surface area contributed by atoms with Crippen LogP contribution in [0.3, 0.4) is 0 Å². The van der Waals surface area contributed by atoms with E-state index < -0.39 is 27.4 Å². The lowest BCUT2D eigenvalue weighted by atomic mass is 9.59. The van der Waals surface area contributed by atoms with Gasteiger partial charge < -0.3 is 35.1 Å². The third-order valence-electron chi connectivity index (χ3n) is 15.1. The van der Waals surface area contributed by atoms with Crippen molar-refractivity contribution in [3.05, 3.63) is 100 Å². The monoisotopic (exact) mass is 968 g/mol. The zero-order chi connectivity index (χ0) is 48.0. The minimum Gasteiger partial charge on any atom is -0.758 e. The molecule has 2 atom stereocenters. The molecule has 2 aromatic heterocycles. The number of rotatable bonds is 14. The maximum atomic E-state index is 14.9. The summed E-state index contributed by atoms with van der Waals surface area (Å²) in [6.45, 7) is 9.64. The van der Waals surface area contributed by atoms with Gasteiger partial charge in [0.25, 0.3) is 21.8 Å². The molecule has 2 unspecified atom stereocenters. The van der Waals surface area contributed by atoms with Gasteiger partial charge in [0.1, 0.15) is 22.3 Å². The predicted molar refractivity (Wildman–Crippen MR) is 267 cm³/mol. The number of hydrogen-bond donors (Lipinski definition) is 3. The van der Waals surface area contributed by atoms with Crippen LogP contribution in [-0.2, 0) is 16.4 Å². The van der Waals surface area contributed by atoms with Crippen LogP contribution in [0.5, 0.6) is 17.4 Å². The number of nitrogens with one attached hydrogen (secondary N) is 2. The molecule has 0 bridgehead atoms. The molecule has 68 heavy (non-hydrogen) atoms. The number of hydroxylamine groups is 1. The number of hydrogen-bond acceptors (Lipinski definition) is 13. The first-order valence-electron chi connectivity index (χ1n) is 24.0. The Kier molecular flexibility index (Phi) is 13.8. The predicted octanol–water partition coefficient (Wildman–Crippen LogP) is 9.16. The topological polar surface area (TPSA) is 173 Å². The van der Waals surface area contributed by atoms with E-state index >= 15 is 0 Å². The van der Waals surface area contributed by atoms with Crippen molar-refractivity contribution in [3.8, 4) is 17.4 Å². The van der Waals surface area contributed by atoms with Crippen molar-refractivity contribution < 1.29 is 32.2 Å². The molecular weight excluding hydrogens is 905 g/mol. The van der Waals surface area contributed by atoms with Gasteiger partial charge in [-0.25, -0.2) is 27.5 Å². The number of benzene rings is 2. The van der Waals surface area contributed by atoms with Gasteiger partial charge in [-0.2, -0.15) is 0 Å². The molecule has 4 aromatic rings. The summed E-state index contributed by atoms with van der Waals surface area (Å²) in [6, 6.07) is 17.7. The van der Waals surface area contributed by atoms with Crippen LogP contribution in [0.4, 0.5) is 21.6 Å². The number of ether oxygens (including phenoxy) is 2. The highest BCUT2D eigenvalue weighted by Gasteiger charge is 2.49. The van der Waals surface area contributed by atoms with E-state index in [1.54, 1.807) is 12.1 Å². The highest BCUT2D eigenvalue weighted by Crippen LogP contribution is 2.54. The number of allylic oxidation sites excluding steroid dienone is 1. The van der Waals surface area contributed by atoms with Gasteiger partial charge in [-0.1, -0.05) is 38.1 Å². The van der Waals surface area contributed by atoms with Crippen molar-refractivity contribution in [3.63, 3.8) is 0 Å². The number of carbonyl (C=O) groups is 1. The Labute approximate surface area is 401 Å². The quantitative estimate of drug-likeness (QED) is 0.0808. The number of carbonyl (C=O) groups excluding carboxylic acids is 1. The lowest BCUT2D eigenvalue weighted by Gasteiger charge is -2.57. The molecule has 2 aromatic carbocycles. The number of anilines is 3. The van der Waals surface area contributed by atoms with E-state index in [4.69, 9.17) is 9.47 Å². The Morgan fingerprint density at radius 2 is 1.81 bits per heavy atom. The second kappa shape index (κ2) is 19.5. The summed E-state index contributed by atoms with van der Waals surface area (Å²) in [4.78, 5) is 27.6. The van der Waals surface area contributed by atoms with Gasteiger partial charge in [0.15, 0.2) is 5.75 Å². The average Bonchev–Trinajstić information content (AvgIpc) is 3.68. The zero-order valence-corrected chi connectivity index (χ0v) is 41.5. The summed E-state index contributed by atoms with van der Waals surface area (Å²) in [7, 11) is -0.917. The van der Waals surface area contributed by atoms with E-state index in [1.165, 1.54) is 74.7 Å². The third-order valence-corrected chi connectivity index (χ3v) is 17.7. The molecular formula is C51H64FN7O7PS-. The van der Waals surface area contributed by atoms with Crippen molar-refractivity contribution in [2.24, 2.45) is 11.3 Å². The first-order chi connectivity index (χ1) is 32.5. The fraction of sp³-hybridized carbons (Fsp3) is 0.510. The Balaban J connectivity index is 0.925. The number of nitrogens with zero attached hydrogens (tertiary/aromatic N) is 5. The zero-order valence-electron chi connectivity index (χ0n) is 39.7. The fourth-order valence-electron chi connectivity index (χ4n) is 11.0. The number of piperidine rings is 1. The normalized spacial score (nSPS) is 23.2. The molecule has 2 aliphatic heterocycles. The Hall–Kier alpha value is -4.86. The maximum Gasteiger partial charge on any atom is 0.268 e. The van der Waals surface area contributed by atoms with Crippen molar-refractivity contribution in [1.82, 2.24) is 19.6 Å². The molecule has 3 aliphatic carbocycles. The van der Waals surface area contributed by atoms with Gasteiger partial charge in [-0.15, -0.1) is 8.58 Å². The summed E-state index contributed by atoms with van der Waals surface area (Å²) < 4.78 is 56.8. The van der Waals surface area contributed by atoms with Crippen molar-refractivity contribution in [2.75, 3.05) is 67.9 Å². The largest absolute Gasteiger partial charge is 0.758 e. The van der Waals surface area contributed by atoms with Gasteiger partial charge in [0.05, 0.1) is 29.7 Å². The summed E-state index contributed by atoms with van der Waals surface area (Å²) >= 11 is 0. The summed E-state index contributed by atoms with van der Waals surface area (Å²) in [5, 5.41) is 26.8. The number of pyridine rings is 2. The van der Waals surface area contributed by atoms with Crippen LogP contribution in [0.15, 0.2) is 71.8 Å². The number of aromatic nitrogens is 2. The molecule has 2 saturated heterocycles. The van der Waals surface area contributed by atoms with Gasteiger partial charge in [-0.05, 0) is 136 Å². The molecule has 17 heteroatoms. The number of methoxy groups -OCH3 is 1. The minimum absolute atomic E-state index is 0.0156. The number of sulfonamides is 1. The van der Waals surface area contributed by atoms with E-state index in [2.05, 4.69) is 67.9 Å². The van der Waals surface area contributed by atoms with Crippen LogP contribution in [0, 0.1) is 16.5 Å². The number of fused-ring (bicyclic) bond motifs is 1. The molecule has 0 radical (unpaired) electrons. The van der Waals surface area contributed by atoms with Crippen LogP contribution < -0.4 is 29.5 Å². The first-order valence-corrected chi connectivity index (χ1v) is 26.9. The minimum atomic E-state index is -4.57. The Morgan fingerprint density at radius 3 is 2.53 bits per heavy atom. The molecule has 2 saturated carbocycles. The van der Waals surface area contributed by atoms with Crippen LogP contribution >= 0.6 is 8.58 Å². The van der Waals surface area contributed by atoms with E-state index in [0.717, 1.165) is 65.8 Å². The maximum absolute atomic E-state index is 14.9. The van der Waals surface area contributed by atoms with E-state index in [0.29, 0.717) is 54.6 Å². The smallest absolute Gasteiger partial charge is 0.268 e. The second-order valence-electron chi connectivity index (χ2n) is 20.1. The van der Waals surface area contributed by atoms with Gasteiger partial charge in [0.2, 0.25) is 0 Å². The number of amides is 1. The third kappa shape index (κ3) is 10.1. The molecule has 1 amide bonds. The molecule has 4 heterocycles. The highest BCUT2D eigenvalue weighted by molar-refractivity contribution is 7.90. The summed E-state index contributed by atoms with van der Waals surface area (Å²) in [5.74, 6) is -0.321. The van der Waals surface area contributed by atoms with Crippen LogP contribution in [0.1, 0.15) is 117 Å². The Bertz CT molecular complexity index is 2660. The average molecular weight is 969 g/mol. The van der Waals surface area contributed by atoms with Crippen molar-refractivity contribution in [1.29, 1.82) is 0 Å². The number of aliphatic hydroxyl groups is 1. The molecule has 14 nitrogen and oxygen atoms in total. The van der Waals surface area contributed by atoms with E-state index in [1.807, 2.05) is 6.92 Å². The van der Waals surface area contributed by atoms with Crippen molar-refractivity contribution >= 4 is 47.5 Å². The van der Waals surface area contributed by atoms with Crippen molar-refractivity contribution in [2.45, 2.75) is 107 Å². The lowest BCUT2D eigenvalue weighted by Crippen LogP contribution is -2.57. The Morgan fingerprint density at radius 1 is 1.06 bits per heavy atom. The molecule has 4 fully saturated rings. The summed E-state index contributed by atoms with van der Waals surface area (Å²) in [5.41, 5.74) is 3.95. The van der Waals surface area contributed by atoms with Crippen LogP contribution in [0.25, 0.3) is 5.83 Å². The van der Waals surface area contributed by atoms with Crippen LogP contribution in [-0.4, -0.2) is 98.6 Å².